The summed E-state index contributed by atoms with van der Waals surface area (Å²) in [7, 11) is 0. The average molecular weight is 212 g/mol. The van der Waals surface area contributed by atoms with Crippen LogP contribution in [0.15, 0.2) is 42.7 Å². The van der Waals surface area contributed by atoms with E-state index in [2.05, 4.69) is 11.1 Å². The molecule has 1 amide bonds. The summed E-state index contributed by atoms with van der Waals surface area (Å²) in [5, 5.41) is 0. The molecule has 1 aliphatic heterocycles. The number of benzene rings is 1. The highest BCUT2D eigenvalue weighted by Crippen LogP contribution is 2.28. The van der Waals surface area contributed by atoms with Gasteiger partial charge >= 0.3 is 0 Å². The molecule has 0 saturated heterocycles. The van der Waals surface area contributed by atoms with Crippen molar-refractivity contribution in [2.45, 2.75) is 6.42 Å². The van der Waals surface area contributed by atoms with Gasteiger partial charge in [0.1, 0.15) is 0 Å². The van der Waals surface area contributed by atoms with Crippen LogP contribution in [0.3, 0.4) is 0 Å². The summed E-state index contributed by atoms with van der Waals surface area (Å²) < 4.78 is 0. The van der Waals surface area contributed by atoms with Gasteiger partial charge in [-0.05, 0) is 24.1 Å². The van der Waals surface area contributed by atoms with E-state index in [1.54, 1.807) is 12.4 Å². The number of nitrogens with zero attached hydrogens (tertiary/aromatic N) is 1. The molecule has 3 rings (SSSR count). The van der Waals surface area contributed by atoms with Crippen molar-refractivity contribution in [2.75, 3.05) is 11.4 Å². The van der Waals surface area contributed by atoms with Crippen molar-refractivity contribution in [2.24, 2.45) is 0 Å². The normalized spacial score (nSPS) is 13.9. The summed E-state index contributed by atoms with van der Waals surface area (Å²) in [6.45, 7) is 0.781. The number of rotatable bonds is 1. The molecule has 3 nitrogen and oxygen atoms in total. The van der Waals surface area contributed by atoms with Crippen LogP contribution in [0.1, 0.15) is 15.9 Å². The highest BCUT2D eigenvalue weighted by atomic mass is 16.2. The van der Waals surface area contributed by atoms with E-state index in [1.807, 2.05) is 29.2 Å². The molecule has 1 aliphatic rings. The number of carbonyl (C=O) groups is 1. The Bertz CT molecular complexity index is 516. The zero-order valence-corrected chi connectivity index (χ0v) is 8.81. The van der Waals surface area contributed by atoms with E-state index in [0.717, 1.165) is 24.2 Å². The number of aromatic amines is 1. The van der Waals surface area contributed by atoms with Crippen LogP contribution in [0, 0.1) is 0 Å². The third-order valence-electron chi connectivity index (χ3n) is 2.98. The fraction of sp³-hybridized carbons (Fsp3) is 0.154. The van der Waals surface area contributed by atoms with Crippen molar-refractivity contribution in [1.82, 2.24) is 4.98 Å². The first kappa shape index (κ1) is 9.21. The molecule has 2 heterocycles. The van der Waals surface area contributed by atoms with Crippen LogP contribution in [-0.2, 0) is 6.42 Å². The third kappa shape index (κ3) is 1.33. The Hall–Kier alpha value is -2.03. The molecule has 0 saturated carbocycles. The largest absolute Gasteiger partial charge is 0.367 e. The number of hydrogen-bond donors (Lipinski definition) is 1. The van der Waals surface area contributed by atoms with E-state index in [9.17, 15) is 4.79 Å². The lowest BCUT2D eigenvalue weighted by Gasteiger charge is -2.16. The van der Waals surface area contributed by atoms with Gasteiger partial charge in [0, 0.05) is 24.6 Å². The predicted molar refractivity (Wildman–Crippen MR) is 62.6 cm³/mol. The molecule has 16 heavy (non-hydrogen) atoms. The van der Waals surface area contributed by atoms with Crippen molar-refractivity contribution < 1.29 is 4.79 Å². The Morgan fingerprint density at radius 1 is 1.25 bits per heavy atom. The molecule has 0 fully saturated rings. The minimum atomic E-state index is 0.0752. The zero-order valence-electron chi connectivity index (χ0n) is 8.81. The average Bonchev–Trinajstić information content (AvgIpc) is 2.98. The van der Waals surface area contributed by atoms with Gasteiger partial charge in [0.25, 0.3) is 5.91 Å². The molecule has 0 aliphatic carbocycles. The number of hydrogen-bond acceptors (Lipinski definition) is 1. The monoisotopic (exact) mass is 212 g/mol. The minimum Gasteiger partial charge on any atom is -0.367 e. The second-order valence-electron chi connectivity index (χ2n) is 3.94. The fourth-order valence-electron chi connectivity index (χ4n) is 2.16. The molecular weight excluding hydrogens is 200 g/mol. The molecule has 80 valence electrons. The summed E-state index contributed by atoms with van der Waals surface area (Å²) in [5.41, 5.74) is 3.02. The van der Waals surface area contributed by atoms with E-state index in [0.29, 0.717) is 0 Å². The van der Waals surface area contributed by atoms with Gasteiger partial charge in [0.05, 0.1) is 5.56 Å². The Balaban J connectivity index is 1.96. The Labute approximate surface area is 93.7 Å². The summed E-state index contributed by atoms with van der Waals surface area (Å²) in [5.74, 6) is 0.0752. The standard InChI is InChI=1S/C13H12N2O/c16-13(11-5-7-14-9-11)15-8-6-10-3-1-2-4-12(10)15/h1-5,7,9,14H,6,8H2. The minimum absolute atomic E-state index is 0.0752. The van der Waals surface area contributed by atoms with E-state index >= 15 is 0 Å². The molecule has 0 radical (unpaired) electrons. The smallest absolute Gasteiger partial charge is 0.259 e. The molecule has 0 bridgehead atoms. The zero-order chi connectivity index (χ0) is 11.0. The molecule has 3 heteroatoms. The molecule has 0 spiro atoms. The van der Waals surface area contributed by atoms with E-state index in [1.165, 1.54) is 5.56 Å². The molecule has 2 aromatic rings. The van der Waals surface area contributed by atoms with Gasteiger partial charge in [-0.25, -0.2) is 0 Å². The number of aromatic nitrogens is 1. The third-order valence-corrected chi connectivity index (χ3v) is 2.98. The number of amides is 1. The predicted octanol–water partition coefficient (Wildman–Crippen LogP) is 2.22. The van der Waals surface area contributed by atoms with Crippen LogP contribution in [0.2, 0.25) is 0 Å². The summed E-state index contributed by atoms with van der Waals surface area (Å²) >= 11 is 0. The van der Waals surface area contributed by atoms with Crippen LogP contribution in [0.4, 0.5) is 5.69 Å². The van der Waals surface area contributed by atoms with Gasteiger partial charge in [-0.1, -0.05) is 18.2 Å². The van der Waals surface area contributed by atoms with Crippen molar-refractivity contribution in [3.05, 3.63) is 53.9 Å². The van der Waals surface area contributed by atoms with Gasteiger partial charge in [-0.2, -0.15) is 0 Å². The summed E-state index contributed by atoms with van der Waals surface area (Å²) in [4.78, 5) is 16.9. The maximum Gasteiger partial charge on any atom is 0.259 e. The van der Waals surface area contributed by atoms with Gasteiger partial charge in [-0.3, -0.25) is 4.79 Å². The number of fused-ring (bicyclic) bond motifs is 1. The first-order chi connectivity index (χ1) is 7.86. The van der Waals surface area contributed by atoms with Gasteiger partial charge in [-0.15, -0.1) is 0 Å². The Morgan fingerprint density at radius 2 is 2.12 bits per heavy atom. The second-order valence-corrected chi connectivity index (χ2v) is 3.94. The van der Waals surface area contributed by atoms with Crippen molar-refractivity contribution in [1.29, 1.82) is 0 Å². The molecule has 0 atom stereocenters. The Morgan fingerprint density at radius 3 is 2.94 bits per heavy atom. The van der Waals surface area contributed by atoms with Crippen molar-refractivity contribution >= 4 is 11.6 Å². The van der Waals surface area contributed by atoms with Crippen LogP contribution in [-0.4, -0.2) is 17.4 Å². The van der Waals surface area contributed by atoms with E-state index < -0.39 is 0 Å². The first-order valence-corrected chi connectivity index (χ1v) is 5.39. The van der Waals surface area contributed by atoms with Gasteiger partial charge < -0.3 is 9.88 Å². The molecule has 1 aromatic heterocycles. The van der Waals surface area contributed by atoms with E-state index in [4.69, 9.17) is 0 Å². The van der Waals surface area contributed by atoms with E-state index in [-0.39, 0.29) is 5.91 Å². The Kier molecular flexibility index (Phi) is 2.03. The number of nitrogens with one attached hydrogen (secondary N) is 1. The lowest BCUT2D eigenvalue weighted by atomic mass is 10.2. The topological polar surface area (TPSA) is 36.1 Å². The molecular formula is C13H12N2O. The summed E-state index contributed by atoms with van der Waals surface area (Å²) in [6, 6.07) is 9.89. The van der Waals surface area contributed by atoms with Crippen LogP contribution in [0.25, 0.3) is 0 Å². The van der Waals surface area contributed by atoms with Crippen LogP contribution >= 0.6 is 0 Å². The van der Waals surface area contributed by atoms with Crippen LogP contribution in [0.5, 0.6) is 0 Å². The second kappa shape index (κ2) is 3.52. The van der Waals surface area contributed by atoms with Crippen molar-refractivity contribution in [3.63, 3.8) is 0 Å². The van der Waals surface area contributed by atoms with Gasteiger partial charge in [0.15, 0.2) is 0 Å². The number of para-hydroxylation sites is 1. The highest BCUT2D eigenvalue weighted by molar-refractivity contribution is 6.07. The molecule has 1 N–H and O–H groups in total. The lowest BCUT2D eigenvalue weighted by Crippen LogP contribution is -2.28. The van der Waals surface area contributed by atoms with Gasteiger partial charge in [0.2, 0.25) is 0 Å². The first-order valence-electron chi connectivity index (χ1n) is 5.39. The van der Waals surface area contributed by atoms with Crippen LogP contribution < -0.4 is 4.90 Å². The number of H-pyrrole nitrogens is 1. The SMILES string of the molecule is O=C(c1cc[nH]c1)N1CCc2ccccc21. The fourth-order valence-corrected chi connectivity index (χ4v) is 2.16. The summed E-state index contributed by atoms with van der Waals surface area (Å²) in [6.07, 6.45) is 4.46. The number of carbonyl (C=O) groups excluding carboxylic acids is 1. The number of anilines is 1. The highest BCUT2D eigenvalue weighted by Gasteiger charge is 2.24. The molecule has 0 unspecified atom stereocenters. The van der Waals surface area contributed by atoms with Crippen molar-refractivity contribution in [3.8, 4) is 0 Å². The lowest BCUT2D eigenvalue weighted by molar-refractivity contribution is 0.0989. The maximum absolute atomic E-state index is 12.2. The maximum atomic E-state index is 12.2. The quantitative estimate of drug-likeness (QED) is 0.773. The molecule has 1 aromatic carbocycles.